The second-order valence-corrected chi connectivity index (χ2v) is 6.96. The molecule has 150 valence electrons. The van der Waals surface area contributed by atoms with Crippen LogP contribution in [-0.2, 0) is 21.5 Å². The Morgan fingerprint density at radius 1 is 1.23 bits per heavy atom. The molecule has 0 fully saturated rings. The molecule has 1 aromatic heterocycles. The van der Waals surface area contributed by atoms with Gasteiger partial charge in [0.1, 0.15) is 5.76 Å². The van der Waals surface area contributed by atoms with Crippen molar-refractivity contribution >= 4 is 35.9 Å². The first-order chi connectivity index (χ1) is 11.9. The molecule has 0 saturated heterocycles. The predicted octanol–water partition coefficient (Wildman–Crippen LogP) is 3.38. The number of carbonyl (C=O) groups excluding carboxylic acids is 1. The van der Waals surface area contributed by atoms with E-state index in [9.17, 15) is 4.79 Å². The number of guanidine groups is 1. The average Bonchev–Trinajstić information content (AvgIpc) is 3.05. The van der Waals surface area contributed by atoms with Gasteiger partial charge in [-0.25, -0.2) is 4.98 Å². The summed E-state index contributed by atoms with van der Waals surface area (Å²) in [5.41, 5.74) is -0.0426. The van der Waals surface area contributed by atoms with E-state index in [1.54, 1.807) is 13.2 Å². The van der Waals surface area contributed by atoms with E-state index in [4.69, 9.17) is 4.42 Å². The molecule has 0 aliphatic rings. The monoisotopic (exact) mass is 480 g/mol. The molecule has 1 aromatic rings. The number of aliphatic imine (C=N–C) groups is 1. The molecule has 0 bridgehead atoms. The summed E-state index contributed by atoms with van der Waals surface area (Å²) in [5, 5.41) is 6.46. The topological polar surface area (TPSA) is 88.8 Å². The van der Waals surface area contributed by atoms with Gasteiger partial charge in [-0.1, -0.05) is 33.6 Å². The van der Waals surface area contributed by atoms with Gasteiger partial charge in [-0.2, -0.15) is 0 Å². The highest BCUT2D eigenvalue weighted by molar-refractivity contribution is 14.0. The number of ether oxygens (including phenoxy) is 1. The molecule has 8 heteroatoms. The van der Waals surface area contributed by atoms with Crippen LogP contribution >= 0.6 is 24.0 Å². The van der Waals surface area contributed by atoms with Crippen molar-refractivity contribution < 1.29 is 13.9 Å². The van der Waals surface area contributed by atoms with E-state index < -0.39 is 0 Å². The Labute approximate surface area is 173 Å². The molecule has 2 N–H and O–H groups in total. The Bertz CT molecular complexity index is 553. The lowest BCUT2D eigenvalue weighted by Crippen LogP contribution is -2.37. The van der Waals surface area contributed by atoms with E-state index in [1.807, 2.05) is 0 Å². The first kappa shape index (κ1) is 24.7. The first-order valence-electron chi connectivity index (χ1n) is 8.83. The summed E-state index contributed by atoms with van der Waals surface area (Å²) in [4.78, 5) is 19.5. The van der Waals surface area contributed by atoms with Crippen molar-refractivity contribution in [3.05, 3.63) is 17.8 Å². The fourth-order valence-corrected chi connectivity index (χ4v) is 2.18. The average molecular weight is 480 g/mol. The van der Waals surface area contributed by atoms with Gasteiger partial charge >= 0.3 is 5.97 Å². The second-order valence-electron chi connectivity index (χ2n) is 6.96. The van der Waals surface area contributed by atoms with Crippen molar-refractivity contribution in [1.29, 1.82) is 0 Å². The third-order valence-corrected chi connectivity index (χ3v) is 3.75. The number of halogens is 1. The molecule has 0 atom stereocenters. The largest absolute Gasteiger partial charge is 0.469 e. The zero-order valence-corrected chi connectivity index (χ0v) is 18.9. The number of nitrogens with zero attached hydrogens (tertiary/aromatic N) is 2. The molecule has 7 nitrogen and oxygen atoms in total. The number of hydrogen-bond acceptors (Lipinski definition) is 5. The van der Waals surface area contributed by atoms with Crippen molar-refractivity contribution in [3.63, 3.8) is 0 Å². The van der Waals surface area contributed by atoms with Gasteiger partial charge in [-0.05, 0) is 12.8 Å². The van der Waals surface area contributed by atoms with Crippen LogP contribution in [0, 0.1) is 0 Å². The molecule has 0 amide bonds. The number of hydrogen-bond donors (Lipinski definition) is 2. The number of nitrogens with one attached hydrogen (secondary N) is 2. The summed E-state index contributed by atoms with van der Waals surface area (Å²) < 4.78 is 10.4. The molecular formula is C18H33IN4O3. The summed E-state index contributed by atoms with van der Waals surface area (Å²) in [6.45, 7) is 7.61. The molecule has 0 spiro atoms. The maximum atomic E-state index is 11.0. The minimum absolute atomic E-state index is 0. The molecule has 0 aliphatic heterocycles. The predicted molar refractivity (Wildman–Crippen MR) is 114 cm³/mol. The smallest absolute Gasteiger partial charge is 0.305 e. The minimum atomic E-state index is -0.135. The first-order valence-corrected chi connectivity index (χ1v) is 8.83. The third-order valence-electron chi connectivity index (χ3n) is 3.75. The van der Waals surface area contributed by atoms with E-state index in [1.165, 1.54) is 7.11 Å². The highest BCUT2D eigenvalue weighted by atomic mass is 127. The van der Waals surface area contributed by atoms with Gasteiger partial charge in [0.2, 0.25) is 5.89 Å². The van der Waals surface area contributed by atoms with Crippen LogP contribution < -0.4 is 10.6 Å². The summed E-state index contributed by atoms with van der Waals surface area (Å²) in [5.74, 6) is 2.11. The standard InChI is InChI=1S/C18H32N4O3.HI/c1-18(2,3)14-12-21-15(25-14)13-22-17(19-4)20-11-9-7-6-8-10-16(23)24-5;/h12H,6-11,13H2,1-5H3,(H2,19,20,22);1H. The minimum Gasteiger partial charge on any atom is -0.469 e. The Kier molecular flexibility index (Phi) is 12.3. The van der Waals surface area contributed by atoms with Crippen molar-refractivity contribution in [2.75, 3.05) is 20.7 Å². The van der Waals surface area contributed by atoms with Crippen LogP contribution in [0.3, 0.4) is 0 Å². The Balaban J connectivity index is 0.00000625. The van der Waals surface area contributed by atoms with Crippen LogP contribution in [0.1, 0.15) is 64.5 Å². The van der Waals surface area contributed by atoms with Gasteiger partial charge in [0.15, 0.2) is 5.96 Å². The normalized spacial score (nSPS) is 11.7. The van der Waals surface area contributed by atoms with Crippen LogP contribution in [-0.4, -0.2) is 37.6 Å². The SMILES string of the molecule is CN=C(NCCCCCCC(=O)OC)NCc1ncc(C(C)(C)C)o1.I. The zero-order chi connectivity index (χ0) is 18.7. The summed E-state index contributed by atoms with van der Waals surface area (Å²) in [6, 6.07) is 0. The number of aromatic nitrogens is 1. The van der Waals surface area contributed by atoms with Crippen molar-refractivity contribution in [1.82, 2.24) is 15.6 Å². The van der Waals surface area contributed by atoms with E-state index >= 15 is 0 Å². The number of carbonyl (C=O) groups is 1. The lowest BCUT2D eigenvalue weighted by Gasteiger charge is -2.13. The zero-order valence-electron chi connectivity index (χ0n) is 16.6. The highest BCUT2D eigenvalue weighted by Gasteiger charge is 2.19. The van der Waals surface area contributed by atoms with Gasteiger partial charge in [0, 0.05) is 25.4 Å². The molecule has 1 heterocycles. The Morgan fingerprint density at radius 2 is 1.92 bits per heavy atom. The number of methoxy groups -OCH3 is 1. The molecule has 0 aromatic carbocycles. The van der Waals surface area contributed by atoms with Gasteiger partial charge in [0.05, 0.1) is 19.9 Å². The maximum absolute atomic E-state index is 11.0. The fourth-order valence-electron chi connectivity index (χ4n) is 2.18. The van der Waals surface area contributed by atoms with Crippen LogP contribution in [0.5, 0.6) is 0 Å². The molecule has 1 rings (SSSR count). The van der Waals surface area contributed by atoms with Crippen LogP contribution in [0.2, 0.25) is 0 Å². The summed E-state index contributed by atoms with van der Waals surface area (Å²) in [6.07, 6.45) is 6.26. The van der Waals surface area contributed by atoms with Gasteiger partial charge in [-0.3, -0.25) is 9.79 Å². The molecule has 0 aliphatic carbocycles. The Morgan fingerprint density at radius 3 is 2.50 bits per heavy atom. The quantitative estimate of drug-likeness (QED) is 0.185. The molecule has 0 unspecified atom stereocenters. The highest BCUT2D eigenvalue weighted by Crippen LogP contribution is 2.22. The van der Waals surface area contributed by atoms with Crippen LogP contribution in [0.4, 0.5) is 0 Å². The number of esters is 1. The van der Waals surface area contributed by atoms with Gasteiger partial charge in [-0.15, -0.1) is 24.0 Å². The van der Waals surface area contributed by atoms with Crippen molar-refractivity contribution in [2.45, 2.75) is 64.8 Å². The molecule has 0 radical (unpaired) electrons. The van der Waals surface area contributed by atoms with E-state index in [0.717, 1.165) is 43.9 Å². The number of unbranched alkanes of at least 4 members (excludes halogenated alkanes) is 3. The maximum Gasteiger partial charge on any atom is 0.305 e. The van der Waals surface area contributed by atoms with Gasteiger partial charge < -0.3 is 19.8 Å². The second kappa shape index (κ2) is 12.9. The van der Waals surface area contributed by atoms with E-state index in [2.05, 4.69) is 46.1 Å². The number of rotatable bonds is 9. The van der Waals surface area contributed by atoms with E-state index in [0.29, 0.717) is 18.9 Å². The molecule has 26 heavy (non-hydrogen) atoms. The van der Waals surface area contributed by atoms with E-state index in [-0.39, 0.29) is 35.4 Å². The Hall–Kier alpha value is -1.32. The van der Waals surface area contributed by atoms with Crippen LogP contribution in [0.25, 0.3) is 0 Å². The van der Waals surface area contributed by atoms with Crippen LogP contribution in [0.15, 0.2) is 15.6 Å². The summed E-state index contributed by atoms with van der Waals surface area (Å²) in [7, 11) is 3.16. The summed E-state index contributed by atoms with van der Waals surface area (Å²) >= 11 is 0. The van der Waals surface area contributed by atoms with Crippen molar-refractivity contribution in [2.24, 2.45) is 4.99 Å². The van der Waals surface area contributed by atoms with Crippen molar-refractivity contribution in [3.8, 4) is 0 Å². The lowest BCUT2D eigenvalue weighted by molar-refractivity contribution is -0.140. The third kappa shape index (κ3) is 9.98. The number of oxazole rings is 1. The molecule has 0 saturated carbocycles. The lowest BCUT2D eigenvalue weighted by atomic mass is 9.94. The molecular weight excluding hydrogens is 447 g/mol. The fraction of sp³-hybridized carbons (Fsp3) is 0.722. The van der Waals surface area contributed by atoms with Gasteiger partial charge in [0.25, 0.3) is 0 Å².